The Morgan fingerprint density at radius 3 is 2.52 bits per heavy atom. The number of nitrogens with zero attached hydrogens (tertiary/aromatic N) is 1. The van der Waals surface area contributed by atoms with E-state index in [0.29, 0.717) is 6.54 Å². The molecule has 0 radical (unpaired) electrons. The van der Waals surface area contributed by atoms with E-state index in [1.165, 1.54) is 11.1 Å². The lowest BCUT2D eigenvalue weighted by Crippen LogP contribution is -2.48. The van der Waals surface area contributed by atoms with Crippen molar-refractivity contribution in [1.82, 2.24) is 10.2 Å². The summed E-state index contributed by atoms with van der Waals surface area (Å²) in [6, 6.07) is 14.2. The Hall–Kier alpha value is -1.88. The molecule has 2 N–H and O–H groups in total. The highest BCUT2D eigenvalue weighted by molar-refractivity contribution is 6.31. The predicted molar refractivity (Wildman–Crippen MR) is 112 cm³/mol. The SMILES string of the molecule is CCc1cccc(CC)c1NC(=O)CN1CCNCC1c1ccccc1Cl. The van der Waals surface area contributed by atoms with E-state index < -0.39 is 0 Å². The quantitative estimate of drug-likeness (QED) is 0.788. The zero-order chi connectivity index (χ0) is 19.2. The average Bonchev–Trinajstić information content (AvgIpc) is 2.69. The van der Waals surface area contributed by atoms with E-state index in [1.54, 1.807) is 0 Å². The Bertz CT molecular complexity index is 771. The Kier molecular flexibility index (Phi) is 6.89. The van der Waals surface area contributed by atoms with Crippen LogP contribution >= 0.6 is 11.6 Å². The molecule has 1 heterocycles. The van der Waals surface area contributed by atoms with Crippen LogP contribution in [0.3, 0.4) is 0 Å². The Morgan fingerprint density at radius 1 is 1.15 bits per heavy atom. The highest BCUT2D eigenvalue weighted by Gasteiger charge is 2.27. The standard InChI is InChI=1S/C22H28ClN3O/c1-3-16-8-7-9-17(4-2)22(16)25-21(27)15-26-13-12-24-14-20(26)18-10-5-6-11-19(18)23/h5-11,20,24H,3-4,12-15H2,1-2H3,(H,25,27). The van der Waals surface area contributed by atoms with Gasteiger partial charge >= 0.3 is 0 Å². The molecule has 144 valence electrons. The highest BCUT2D eigenvalue weighted by atomic mass is 35.5. The number of hydrogen-bond donors (Lipinski definition) is 2. The molecule has 0 saturated carbocycles. The minimum absolute atomic E-state index is 0.0320. The Labute approximate surface area is 166 Å². The summed E-state index contributed by atoms with van der Waals surface area (Å²) in [6.07, 6.45) is 1.80. The van der Waals surface area contributed by atoms with E-state index in [9.17, 15) is 4.79 Å². The van der Waals surface area contributed by atoms with Gasteiger partial charge in [-0.2, -0.15) is 0 Å². The van der Waals surface area contributed by atoms with Crippen molar-refractivity contribution in [2.45, 2.75) is 32.7 Å². The van der Waals surface area contributed by atoms with Gasteiger partial charge in [-0.3, -0.25) is 9.69 Å². The molecular formula is C22H28ClN3O. The molecule has 2 aromatic rings. The number of para-hydroxylation sites is 1. The number of amides is 1. The van der Waals surface area contributed by atoms with Gasteiger partial charge in [0.2, 0.25) is 5.91 Å². The number of aryl methyl sites for hydroxylation is 2. The van der Waals surface area contributed by atoms with Crippen molar-refractivity contribution in [1.29, 1.82) is 0 Å². The van der Waals surface area contributed by atoms with Gasteiger partial charge in [-0.15, -0.1) is 0 Å². The number of rotatable bonds is 6. The molecule has 2 aromatic carbocycles. The second-order valence-corrected chi connectivity index (χ2v) is 7.33. The molecule has 1 aliphatic rings. The van der Waals surface area contributed by atoms with E-state index in [-0.39, 0.29) is 11.9 Å². The largest absolute Gasteiger partial charge is 0.324 e. The molecule has 0 aliphatic carbocycles. The van der Waals surface area contributed by atoms with Crippen LogP contribution in [0.1, 0.15) is 36.6 Å². The van der Waals surface area contributed by atoms with Gasteiger partial charge in [-0.25, -0.2) is 0 Å². The van der Waals surface area contributed by atoms with Crippen LogP contribution < -0.4 is 10.6 Å². The number of hydrogen-bond acceptors (Lipinski definition) is 3. The molecule has 4 nitrogen and oxygen atoms in total. The first-order valence-electron chi connectivity index (χ1n) is 9.73. The minimum Gasteiger partial charge on any atom is -0.324 e. The number of anilines is 1. The number of carbonyl (C=O) groups excluding carboxylic acids is 1. The third-order valence-electron chi connectivity index (χ3n) is 5.23. The minimum atomic E-state index is 0.0320. The molecule has 5 heteroatoms. The summed E-state index contributed by atoms with van der Waals surface area (Å²) in [5.74, 6) is 0.0320. The fourth-order valence-electron chi connectivity index (χ4n) is 3.75. The highest BCUT2D eigenvalue weighted by Crippen LogP contribution is 2.28. The molecule has 0 bridgehead atoms. The van der Waals surface area contributed by atoms with Crippen molar-refractivity contribution in [2.24, 2.45) is 0 Å². The van der Waals surface area contributed by atoms with Gasteiger partial charge in [0, 0.05) is 36.4 Å². The van der Waals surface area contributed by atoms with Crippen molar-refractivity contribution in [3.8, 4) is 0 Å². The average molecular weight is 386 g/mol. The molecule has 1 amide bonds. The fraction of sp³-hybridized carbons (Fsp3) is 0.409. The first-order valence-corrected chi connectivity index (χ1v) is 10.1. The van der Waals surface area contributed by atoms with Crippen molar-refractivity contribution >= 4 is 23.2 Å². The zero-order valence-electron chi connectivity index (χ0n) is 16.1. The van der Waals surface area contributed by atoms with Crippen molar-refractivity contribution in [3.63, 3.8) is 0 Å². The normalized spacial score (nSPS) is 17.7. The van der Waals surface area contributed by atoms with Crippen LogP contribution in [0.25, 0.3) is 0 Å². The van der Waals surface area contributed by atoms with Gasteiger partial charge in [0.05, 0.1) is 6.54 Å². The molecule has 1 atom stereocenters. The molecule has 1 aliphatic heterocycles. The zero-order valence-corrected chi connectivity index (χ0v) is 16.9. The number of piperazine rings is 1. The Balaban J connectivity index is 1.76. The van der Waals surface area contributed by atoms with E-state index in [1.807, 2.05) is 24.3 Å². The van der Waals surface area contributed by atoms with Gasteiger partial charge in [-0.1, -0.05) is 61.8 Å². The summed E-state index contributed by atoms with van der Waals surface area (Å²) in [4.78, 5) is 15.1. The summed E-state index contributed by atoms with van der Waals surface area (Å²) in [5.41, 5.74) is 4.43. The number of halogens is 1. The van der Waals surface area contributed by atoms with Crippen molar-refractivity contribution in [3.05, 3.63) is 64.2 Å². The predicted octanol–water partition coefficient (Wildman–Crippen LogP) is 4.05. The third-order valence-corrected chi connectivity index (χ3v) is 5.57. The van der Waals surface area contributed by atoms with Gasteiger partial charge in [0.15, 0.2) is 0 Å². The summed E-state index contributed by atoms with van der Waals surface area (Å²) in [7, 11) is 0. The summed E-state index contributed by atoms with van der Waals surface area (Å²) in [5, 5.41) is 7.35. The van der Waals surface area contributed by atoms with Crippen LogP contribution in [0.2, 0.25) is 5.02 Å². The van der Waals surface area contributed by atoms with E-state index in [2.05, 4.69) is 47.6 Å². The lowest BCUT2D eigenvalue weighted by molar-refractivity contribution is -0.118. The topological polar surface area (TPSA) is 44.4 Å². The van der Waals surface area contributed by atoms with Gasteiger partial charge in [0.1, 0.15) is 0 Å². The maximum atomic E-state index is 12.9. The summed E-state index contributed by atoms with van der Waals surface area (Å²) >= 11 is 6.41. The summed E-state index contributed by atoms with van der Waals surface area (Å²) < 4.78 is 0. The monoisotopic (exact) mass is 385 g/mol. The fourth-order valence-corrected chi connectivity index (χ4v) is 4.02. The summed E-state index contributed by atoms with van der Waals surface area (Å²) in [6.45, 7) is 7.09. The van der Waals surface area contributed by atoms with Gasteiger partial charge in [0.25, 0.3) is 0 Å². The van der Waals surface area contributed by atoms with Crippen LogP contribution in [-0.4, -0.2) is 37.0 Å². The molecule has 27 heavy (non-hydrogen) atoms. The second kappa shape index (κ2) is 9.36. The number of benzene rings is 2. The molecule has 1 saturated heterocycles. The van der Waals surface area contributed by atoms with Crippen LogP contribution in [0, 0.1) is 0 Å². The van der Waals surface area contributed by atoms with Crippen LogP contribution in [0.15, 0.2) is 42.5 Å². The van der Waals surface area contributed by atoms with E-state index in [4.69, 9.17) is 11.6 Å². The molecular weight excluding hydrogens is 358 g/mol. The first-order chi connectivity index (χ1) is 13.1. The van der Waals surface area contributed by atoms with E-state index in [0.717, 1.165) is 48.7 Å². The van der Waals surface area contributed by atoms with Crippen LogP contribution in [0.4, 0.5) is 5.69 Å². The molecule has 3 rings (SSSR count). The Morgan fingerprint density at radius 2 is 1.85 bits per heavy atom. The van der Waals surface area contributed by atoms with Gasteiger partial charge < -0.3 is 10.6 Å². The molecule has 0 aromatic heterocycles. The van der Waals surface area contributed by atoms with Crippen molar-refractivity contribution < 1.29 is 4.79 Å². The van der Waals surface area contributed by atoms with Gasteiger partial charge in [-0.05, 0) is 35.6 Å². The molecule has 0 spiro atoms. The number of carbonyl (C=O) groups is 1. The maximum absolute atomic E-state index is 12.9. The molecule has 1 unspecified atom stereocenters. The lowest BCUT2D eigenvalue weighted by Gasteiger charge is -2.36. The maximum Gasteiger partial charge on any atom is 0.238 e. The third kappa shape index (κ3) is 4.70. The van der Waals surface area contributed by atoms with Crippen LogP contribution in [-0.2, 0) is 17.6 Å². The van der Waals surface area contributed by atoms with Crippen LogP contribution in [0.5, 0.6) is 0 Å². The van der Waals surface area contributed by atoms with E-state index >= 15 is 0 Å². The second-order valence-electron chi connectivity index (χ2n) is 6.92. The molecule has 1 fully saturated rings. The first kappa shape index (κ1) is 19.9. The smallest absolute Gasteiger partial charge is 0.238 e. The van der Waals surface area contributed by atoms with Crippen molar-refractivity contribution in [2.75, 3.05) is 31.5 Å². The lowest BCUT2D eigenvalue weighted by atomic mass is 10.0. The number of nitrogens with one attached hydrogen (secondary N) is 2.